The van der Waals surface area contributed by atoms with Crippen molar-refractivity contribution in [1.29, 1.82) is 0 Å². The highest BCUT2D eigenvalue weighted by Gasteiger charge is 2.19. The second-order valence-corrected chi connectivity index (χ2v) is 2.94. The van der Waals surface area contributed by atoms with Crippen LogP contribution in [0.1, 0.15) is 11.7 Å². The van der Waals surface area contributed by atoms with Gasteiger partial charge in [-0.1, -0.05) is 30.3 Å². The van der Waals surface area contributed by atoms with Crippen LogP contribution in [0.3, 0.4) is 0 Å². The Morgan fingerprint density at radius 1 is 1.14 bits per heavy atom. The van der Waals surface area contributed by atoms with Crippen LogP contribution in [0.15, 0.2) is 30.3 Å². The summed E-state index contributed by atoms with van der Waals surface area (Å²) in [4.78, 5) is 0. The quantitative estimate of drug-likeness (QED) is 0.397. The van der Waals surface area contributed by atoms with E-state index in [9.17, 15) is 5.11 Å². The number of aliphatic hydroxyl groups excluding tert-OH is 1. The number of benzene rings is 1. The molecule has 5 N–H and O–H groups in total. The van der Waals surface area contributed by atoms with Gasteiger partial charge >= 0.3 is 6.10 Å². The lowest BCUT2D eigenvalue weighted by Crippen LogP contribution is -2.46. The van der Waals surface area contributed by atoms with Gasteiger partial charge in [-0.15, -0.1) is 0 Å². The van der Waals surface area contributed by atoms with Crippen LogP contribution >= 0.6 is 0 Å². The topological polar surface area (TPSA) is 93.0 Å². The van der Waals surface area contributed by atoms with Crippen LogP contribution < -0.4 is 5.32 Å². The first-order chi connectivity index (χ1) is 6.49. The molecule has 0 aliphatic rings. The summed E-state index contributed by atoms with van der Waals surface area (Å²) in [5.74, 6) is 0. The summed E-state index contributed by atoms with van der Waals surface area (Å²) in [6, 6.07) is 8.70. The van der Waals surface area contributed by atoms with Gasteiger partial charge in [0.2, 0.25) is 0 Å². The molecule has 1 aromatic carbocycles. The van der Waals surface area contributed by atoms with E-state index in [1.165, 1.54) is 0 Å². The Bertz CT molecular complexity index is 270. The van der Waals surface area contributed by atoms with Gasteiger partial charge in [0.1, 0.15) is 0 Å². The standard InChI is InChI=1S/C9H13NO4/c11-8(6-10-9(12,13)14)7-4-2-1-3-5-7/h1-5,8,10-14H,6H2. The summed E-state index contributed by atoms with van der Waals surface area (Å²) >= 11 is 0. The summed E-state index contributed by atoms with van der Waals surface area (Å²) < 4.78 is 0. The van der Waals surface area contributed by atoms with Crippen molar-refractivity contribution in [2.75, 3.05) is 6.54 Å². The third-order valence-electron chi connectivity index (χ3n) is 1.72. The van der Waals surface area contributed by atoms with Gasteiger partial charge in [0.15, 0.2) is 0 Å². The van der Waals surface area contributed by atoms with Crippen molar-refractivity contribution in [1.82, 2.24) is 5.32 Å². The lowest BCUT2D eigenvalue weighted by molar-refractivity contribution is -0.332. The molecule has 1 unspecified atom stereocenters. The normalized spacial score (nSPS) is 14.0. The van der Waals surface area contributed by atoms with Gasteiger partial charge in [0.25, 0.3) is 0 Å². The summed E-state index contributed by atoms with van der Waals surface area (Å²) in [5.41, 5.74) is 0.629. The van der Waals surface area contributed by atoms with E-state index in [0.29, 0.717) is 5.56 Å². The molecule has 0 amide bonds. The number of hydrogen-bond donors (Lipinski definition) is 5. The van der Waals surface area contributed by atoms with Crippen LogP contribution in [0.4, 0.5) is 0 Å². The van der Waals surface area contributed by atoms with E-state index in [-0.39, 0.29) is 6.54 Å². The molecule has 14 heavy (non-hydrogen) atoms. The van der Waals surface area contributed by atoms with Crippen LogP contribution in [0.5, 0.6) is 0 Å². The molecular weight excluding hydrogens is 186 g/mol. The number of rotatable bonds is 4. The maximum Gasteiger partial charge on any atom is 0.343 e. The van der Waals surface area contributed by atoms with Gasteiger partial charge in [-0.2, -0.15) is 0 Å². The minimum atomic E-state index is -2.95. The molecule has 78 valence electrons. The molecule has 0 heterocycles. The Labute approximate surface area is 81.3 Å². The molecule has 1 atom stereocenters. The Morgan fingerprint density at radius 2 is 1.71 bits per heavy atom. The lowest BCUT2D eigenvalue weighted by atomic mass is 10.1. The summed E-state index contributed by atoms with van der Waals surface area (Å²) in [6.07, 6.45) is -3.85. The molecule has 0 spiro atoms. The Kier molecular flexibility index (Phi) is 3.56. The first-order valence-electron chi connectivity index (χ1n) is 4.14. The molecule has 0 fully saturated rings. The van der Waals surface area contributed by atoms with Crippen molar-refractivity contribution in [3.05, 3.63) is 35.9 Å². The highest BCUT2D eigenvalue weighted by Crippen LogP contribution is 2.10. The van der Waals surface area contributed by atoms with Crippen LogP contribution in [0, 0.1) is 0 Å². The zero-order chi connectivity index (χ0) is 10.6. The van der Waals surface area contributed by atoms with Crippen LogP contribution in [-0.4, -0.2) is 33.1 Å². The smallest absolute Gasteiger partial charge is 0.343 e. The van der Waals surface area contributed by atoms with Crippen molar-refractivity contribution in [2.45, 2.75) is 12.2 Å². The van der Waals surface area contributed by atoms with Crippen LogP contribution in [0.2, 0.25) is 0 Å². The van der Waals surface area contributed by atoms with E-state index in [4.69, 9.17) is 15.3 Å². The monoisotopic (exact) mass is 199 g/mol. The van der Waals surface area contributed by atoms with Crippen LogP contribution in [-0.2, 0) is 0 Å². The maximum absolute atomic E-state index is 9.49. The predicted molar refractivity (Wildman–Crippen MR) is 48.8 cm³/mol. The SMILES string of the molecule is OC(CNC(O)(O)O)c1ccccc1. The average molecular weight is 199 g/mol. The molecule has 0 aliphatic carbocycles. The van der Waals surface area contributed by atoms with Crippen molar-refractivity contribution >= 4 is 0 Å². The number of nitrogens with one attached hydrogen (secondary N) is 1. The van der Waals surface area contributed by atoms with E-state index >= 15 is 0 Å². The fourth-order valence-electron chi connectivity index (χ4n) is 1.03. The first kappa shape index (κ1) is 11.1. The highest BCUT2D eigenvalue weighted by atomic mass is 16.7. The molecule has 5 nitrogen and oxygen atoms in total. The lowest BCUT2D eigenvalue weighted by Gasteiger charge is -2.18. The third-order valence-corrected chi connectivity index (χ3v) is 1.72. The molecule has 1 aromatic rings. The second-order valence-electron chi connectivity index (χ2n) is 2.94. The Hall–Kier alpha value is -0.980. The largest absolute Gasteiger partial charge is 0.387 e. The molecule has 0 aromatic heterocycles. The number of hydrogen-bond acceptors (Lipinski definition) is 5. The molecule has 0 saturated heterocycles. The van der Waals surface area contributed by atoms with E-state index in [0.717, 1.165) is 0 Å². The molecule has 0 saturated carbocycles. The van der Waals surface area contributed by atoms with E-state index < -0.39 is 12.2 Å². The maximum atomic E-state index is 9.49. The molecule has 0 bridgehead atoms. The molecular formula is C9H13NO4. The van der Waals surface area contributed by atoms with Gasteiger partial charge in [-0.05, 0) is 5.56 Å². The molecule has 0 radical (unpaired) electrons. The minimum absolute atomic E-state index is 0.159. The van der Waals surface area contributed by atoms with Gasteiger partial charge in [0.05, 0.1) is 6.10 Å². The third kappa shape index (κ3) is 3.82. The Morgan fingerprint density at radius 3 is 2.21 bits per heavy atom. The van der Waals surface area contributed by atoms with E-state index in [2.05, 4.69) is 0 Å². The Balaban J connectivity index is 2.48. The summed E-state index contributed by atoms with van der Waals surface area (Å²) in [7, 11) is 0. The van der Waals surface area contributed by atoms with Gasteiger partial charge in [-0.25, -0.2) is 5.32 Å². The summed E-state index contributed by atoms with van der Waals surface area (Å²) in [5, 5.41) is 36.9. The fourth-order valence-corrected chi connectivity index (χ4v) is 1.03. The van der Waals surface area contributed by atoms with Crippen molar-refractivity contribution in [3.8, 4) is 0 Å². The van der Waals surface area contributed by atoms with Crippen molar-refractivity contribution in [3.63, 3.8) is 0 Å². The minimum Gasteiger partial charge on any atom is -0.387 e. The van der Waals surface area contributed by atoms with E-state index in [1.54, 1.807) is 30.3 Å². The summed E-state index contributed by atoms with van der Waals surface area (Å²) in [6.45, 7) is -0.159. The molecule has 5 heteroatoms. The van der Waals surface area contributed by atoms with E-state index in [1.807, 2.05) is 5.32 Å². The predicted octanol–water partition coefficient (Wildman–Crippen LogP) is -1.10. The molecule has 1 rings (SSSR count). The number of aliphatic hydroxyl groups is 4. The van der Waals surface area contributed by atoms with Crippen LogP contribution in [0.25, 0.3) is 0 Å². The van der Waals surface area contributed by atoms with Gasteiger partial charge < -0.3 is 20.4 Å². The molecule has 0 aliphatic heterocycles. The highest BCUT2D eigenvalue weighted by molar-refractivity contribution is 5.17. The van der Waals surface area contributed by atoms with Crippen molar-refractivity contribution in [2.24, 2.45) is 0 Å². The zero-order valence-corrected chi connectivity index (χ0v) is 7.46. The fraction of sp³-hybridized carbons (Fsp3) is 0.333. The average Bonchev–Trinajstić information content (AvgIpc) is 2.14. The van der Waals surface area contributed by atoms with Gasteiger partial charge in [-0.3, -0.25) is 0 Å². The van der Waals surface area contributed by atoms with Crippen molar-refractivity contribution < 1.29 is 20.4 Å². The second kappa shape index (κ2) is 4.50. The first-order valence-corrected chi connectivity index (χ1v) is 4.14. The zero-order valence-electron chi connectivity index (χ0n) is 7.46. The van der Waals surface area contributed by atoms with Gasteiger partial charge in [0, 0.05) is 6.54 Å².